The van der Waals surface area contributed by atoms with Gasteiger partial charge < -0.3 is 31.6 Å². The van der Waals surface area contributed by atoms with Crippen molar-refractivity contribution in [1.29, 1.82) is 0 Å². The maximum absolute atomic E-state index is 12.9. The number of nitrogens with two attached hydrogens (primary N) is 1. The van der Waals surface area contributed by atoms with Gasteiger partial charge in [0.05, 0.1) is 0 Å². The highest BCUT2D eigenvalue weighted by Gasteiger charge is 2.54. The highest BCUT2D eigenvalue weighted by Crippen LogP contribution is 2.41. The van der Waals surface area contributed by atoms with Gasteiger partial charge in [-0.25, -0.2) is 4.79 Å². The molecular formula is C20H22N8O6S2. The van der Waals surface area contributed by atoms with Crippen molar-refractivity contribution >= 4 is 57.8 Å². The number of hydrogen-bond acceptors (Lipinski definition) is 12. The number of allylic oxidation sites excluding steroid dienone is 1. The van der Waals surface area contributed by atoms with E-state index in [-0.39, 0.29) is 34.4 Å². The van der Waals surface area contributed by atoms with Crippen LogP contribution in [0.1, 0.15) is 18.7 Å². The number of carbonyl (C=O) groups is 4. The van der Waals surface area contributed by atoms with E-state index in [1.165, 1.54) is 11.8 Å². The molecule has 3 fully saturated rings. The minimum atomic E-state index is -1.30. The van der Waals surface area contributed by atoms with Gasteiger partial charge in [-0.2, -0.15) is 9.36 Å². The number of nitrogens with zero attached hydrogens (tertiary/aromatic N) is 5. The summed E-state index contributed by atoms with van der Waals surface area (Å²) in [7, 11) is 0. The number of thioether (sulfide) groups is 1. The van der Waals surface area contributed by atoms with Crippen LogP contribution in [0.4, 0.5) is 5.13 Å². The molecule has 190 valence electrons. The van der Waals surface area contributed by atoms with E-state index < -0.39 is 34.9 Å². The summed E-state index contributed by atoms with van der Waals surface area (Å²) in [6.45, 7) is 2.17. The molecular weight excluding hydrogens is 512 g/mol. The third-order valence-corrected chi connectivity index (χ3v) is 8.28. The molecule has 0 saturated carbocycles. The van der Waals surface area contributed by atoms with E-state index in [9.17, 15) is 29.5 Å². The van der Waals surface area contributed by atoms with Crippen LogP contribution in [0.3, 0.4) is 0 Å². The molecule has 6 N–H and O–H groups in total. The highest BCUT2D eigenvalue weighted by molar-refractivity contribution is 8.00. The molecule has 3 amide bonds. The molecule has 16 heteroatoms. The average Bonchev–Trinajstić information content (AvgIpc) is 3.60. The Bertz CT molecular complexity index is 1240. The number of oxime groups is 1. The van der Waals surface area contributed by atoms with E-state index in [1.54, 1.807) is 6.08 Å². The zero-order valence-electron chi connectivity index (χ0n) is 18.7. The number of aromatic nitrogens is 2. The summed E-state index contributed by atoms with van der Waals surface area (Å²) in [5.41, 5.74) is 5.67. The lowest BCUT2D eigenvalue weighted by Gasteiger charge is -2.49. The van der Waals surface area contributed by atoms with Crippen LogP contribution >= 0.6 is 23.3 Å². The number of carboxylic acids is 1. The molecule has 0 bridgehead atoms. The van der Waals surface area contributed by atoms with Crippen LogP contribution in [0.25, 0.3) is 0 Å². The molecule has 0 spiro atoms. The number of carboxylic acid groups (broad SMARTS) is 1. The predicted octanol–water partition coefficient (Wildman–Crippen LogP) is -1.44. The Kier molecular flexibility index (Phi) is 6.40. The first-order valence-corrected chi connectivity index (χ1v) is 12.9. The molecule has 1 aromatic rings. The Morgan fingerprint density at radius 3 is 2.78 bits per heavy atom. The van der Waals surface area contributed by atoms with Gasteiger partial charge in [0, 0.05) is 42.0 Å². The van der Waals surface area contributed by atoms with E-state index in [4.69, 9.17) is 5.73 Å². The van der Waals surface area contributed by atoms with Gasteiger partial charge in [-0.05, 0) is 31.0 Å². The van der Waals surface area contributed by atoms with Gasteiger partial charge in [-0.1, -0.05) is 5.16 Å². The molecule has 4 aliphatic rings. The lowest BCUT2D eigenvalue weighted by atomic mass is 10.0. The fraction of sp³-hybridized carbons (Fsp3) is 0.450. The van der Waals surface area contributed by atoms with E-state index in [2.05, 4.69) is 25.1 Å². The van der Waals surface area contributed by atoms with Gasteiger partial charge >= 0.3 is 5.97 Å². The standard InChI is InChI=1S/C20H22N8O6S2/c21-20-24-14(26-36-20)11(25-34)15(29)23-12-17(31)28-13(19(32)33)9(7-35-18(12)28)5-8-2-4-27(16(8)30)10-1-3-22-6-10/h5,10,12,18,22,34H,1-4,6-7H2,(H,23,29)(H,32,33)(H2,21,24,26)/b8-5+,25-11-/t10-,12+,18+/m0/s1. The summed E-state index contributed by atoms with van der Waals surface area (Å²) in [5.74, 6) is -2.90. The zero-order chi connectivity index (χ0) is 25.6. The van der Waals surface area contributed by atoms with Gasteiger partial charge in [0.15, 0.2) is 5.13 Å². The molecule has 5 rings (SSSR count). The fourth-order valence-corrected chi connectivity index (χ4v) is 6.46. The molecule has 1 aromatic heterocycles. The van der Waals surface area contributed by atoms with Crippen molar-refractivity contribution in [3.8, 4) is 0 Å². The zero-order valence-corrected chi connectivity index (χ0v) is 20.3. The van der Waals surface area contributed by atoms with Crippen LogP contribution in [0.5, 0.6) is 0 Å². The number of carbonyl (C=O) groups excluding carboxylic acids is 3. The maximum Gasteiger partial charge on any atom is 0.352 e. The number of rotatable bonds is 6. The Balaban J connectivity index is 1.33. The molecule has 36 heavy (non-hydrogen) atoms. The number of fused-ring (bicyclic) bond motifs is 1. The second kappa shape index (κ2) is 9.51. The first-order valence-electron chi connectivity index (χ1n) is 11.1. The van der Waals surface area contributed by atoms with Crippen molar-refractivity contribution in [2.75, 3.05) is 31.1 Å². The summed E-state index contributed by atoms with van der Waals surface area (Å²) in [6, 6.07) is -0.914. The van der Waals surface area contributed by atoms with Crippen molar-refractivity contribution < 1.29 is 29.5 Å². The molecule has 5 heterocycles. The number of aliphatic carboxylic acids is 1. The van der Waals surface area contributed by atoms with Gasteiger partial charge in [0.1, 0.15) is 17.1 Å². The second-order valence-corrected chi connectivity index (χ2v) is 10.4. The third-order valence-electron chi connectivity index (χ3n) is 6.44. The monoisotopic (exact) mass is 534 g/mol. The quantitative estimate of drug-likeness (QED) is 0.0939. The lowest BCUT2D eigenvalue weighted by Crippen LogP contribution is -2.71. The van der Waals surface area contributed by atoms with Crippen LogP contribution in [0.2, 0.25) is 0 Å². The van der Waals surface area contributed by atoms with Gasteiger partial charge in [0.25, 0.3) is 11.8 Å². The largest absolute Gasteiger partial charge is 0.477 e. The first kappa shape index (κ1) is 24.2. The summed E-state index contributed by atoms with van der Waals surface area (Å²) in [4.78, 5) is 57.3. The van der Waals surface area contributed by atoms with E-state index in [1.807, 2.05) is 4.90 Å². The molecule has 0 aliphatic carbocycles. The average molecular weight is 535 g/mol. The van der Waals surface area contributed by atoms with Crippen LogP contribution in [0.15, 0.2) is 28.1 Å². The number of nitrogen functional groups attached to an aromatic ring is 1. The van der Waals surface area contributed by atoms with Crippen LogP contribution < -0.4 is 16.4 Å². The summed E-state index contributed by atoms with van der Waals surface area (Å²) in [5, 5.41) is 27.1. The van der Waals surface area contributed by atoms with Gasteiger partial charge in [-0.15, -0.1) is 11.8 Å². The van der Waals surface area contributed by atoms with Crippen LogP contribution in [-0.2, 0) is 19.2 Å². The highest BCUT2D eigenvalue weighted by atomic mass is 32.2. The van der Waals surface area contributed by atoms with Crippen molar-refractivity contribution in [3.05, 3.63) is 28.7 Å². The summed E-state index contributed by atoms with van der Waals surface area (Å²) < 4.78 is 3.82. The van der Waals surface area contributed by atoms with Crippen molar-refractivity contribution in [3.63, 3.8) is 0 Å². The maximum atomic E-state index is 12.9. The Labute approximate surface area is 212 Å². The third kappa shape index (κ3) is 4.10. The normalized spacial score (nSPS) is 27.5. The molecule has 14 nitrogen and oxygen atoms in total. The Morgan fingerprint density at radius 2 is 2.14 bits per heavy atom. The molecule has 3 atom stereocenters. The van der Waals surface area contributed by atoms with Crippen molar-refractivity contribution in [2.24, 2.45) is 5.16 Å². The van der Waals surface area contributed by atoms with E-state index in [0.29, 0.717) is 24.1 Å². The van der Waals surface area contributed by atoms with Crippen LogP contribution in [0, 0.1) is 0 Å². The lowest BCUT2D eigenvalue weighted by molar-refractivity contribution is -0.150. The minimum absolute atomic E-state index is 0.0642. The van der Waals surface area contributed by atoms with E-state index >= 15 is 0 Å². The number of nitrogens with one attached hydrogen (secondary N) is 2. The Morgan fingerprint density at radius 1 is 1.33 bits per heavy atom. The number of likely N-dealkylation sites (tertiary alicyclic amines) is 1. The Hall–Kier alpha value is -3.50. The van der Waals surface area contributed by atoms with Crippen molar-refractivity contribution in [2.45, 2.75) is 30.3 Å². The topological polar surface area (TPSA) is 203 Å². The van der Waals surface area contributed by atoms with Gasteiger partial charge in [-0.3, -0.25) is 19.3 Å². The number of amides is 3. The fourth-order valence-electron chi connectivity index (χ4n) is 4.72. The van der Waals surface area contributed by atoms with E-state index in [0.717, 1.165) is 35.9 Å². The first-order chi connectivity index (χ1) is 17.3. The number of anilines is 1. The predicted molar refractivity (Wildman–Crippen MR) is 128 cm³/mol. The molecule has 3 saturated heterocycles. The van der Waals surface area contributed by atoms with Gasteiger partial charge in [0.2, 0.25) is 17.4 Å². The number of hydrogen-bond donors (Lipinski definition) is 5. The molecule has 0 aromatic carbocycles. The minimum Gasteiger partial charge on any atom is -0.477 e. The molecule has 0 unspecified atom stereocenters. The molecule has 0 radical (unpaired) electrons. The second-order valence-electron chi connectivity index (χ2n) is 8.51. The van der Waals surface area contributed by atoms with Crippen LogP contribution in [-0.4, -0.2) is 102 Å². The smallest absolute Gasteiger partial charge is 0.352 e. The summed E-state index contributed by atoms with van der Waals surface area (Å²) >= 11 is 2.07. The molecule has 4 aliphatic heterocycles. The van der Waals surface area contributed by atoms with Crippen molar-refractivity contribution in [1.82, 2.24) is 29.8 Å². The SMILES string of the molecule is Nc1nc(/C(=N/O)C(=O)N[C@@H]2C(=O)N3C(C(=O)O)=C(/C=C4\CCN([C@H]5CCNC5)C4=O)CS[C@H]23)ns1. The number of β-lactam (4-membered cyclic amide) rings is 1. The summed E-state index contributed by atoms with van der Waals surface area (Å²) in [6.07, 6.45) is 2.97.